The Kier molecular flexibility index (Phi) is 8.28. The standard InChI is InChI=1S/C22H29N7O3S/c1-29(25)22(27-24)33-19-10-8-15(28-32-2)12-17(19)21(31)26-18-9-7-14(11-16(18)20(23)30)13-5-3-4-6-13/h7-13,28H,3-6,24-25H2,1-2H3,(H2,23,30)(H,26,31)/p+1/b27-22+. The second-order valence-corrected chi connectivity index (χ2v) is 8.85. The van der Waals surface area contributed by atoms with Gasteiger partial charge in [-0.15, -0.1) is 0 Å². The van der Waals surface area contributed by atoms with Gasteiger partial charge in [0.2, 0.25) is 5.17 Å². The number of amides is 2. The van der Waals surface area contributed by atoms with E-state index in [2.05, 4.69) is 10.4 Å². The first-order valence-corrected chi connectivity index (χ1v) is 11.3. The second-order valence-electron chi connectivity index (χ2n) is 7.84. The number of benzene rings is 2. The lowest BCUT2D eigenvalue weighted by Gasteiger charge is -2.17. The summed E-state index contributed by atoms with van der Waals surface area (Å²) in [4.78, 5) is 31.1. The Bertz CT molecular complexity index is 1050. The number of hydrazone groups is 1. The minimum atomic E-state index is -0.594. The molecule has 2 amide bonds. The van der Waals surface area contributed by atoms with Gasteiger partial charge in [-0.05, 0) is 54.3 Å². The summed E-state index contributed by atoms with van der Waals surface area (Å²) in [5, 5.41) is 8.07. The number of thioether (sulfide) groups is 1. The van der Waals surface area contributed by atoms with E-state index in [0.29, 0.717) is 32.9 Å². The first-order valence-electron chi connectivity index (χ1n) is 10.5. The van der Waals surface area contributed by atoms with E-state index in [4.69, 9.17) is 22.3 Å². The number of nitrogens with two attached hydrogens (primary N) is 4. The molecule has 1 saturated carbocycles. The maximum Gasteiger partial charge on any atom is 0.257 e. The average Bonchev–Trinajstić information content (AvgIpc) is 3.33. The Hall–Kier alpha value is -3.12. The summed E-state index contributed by atoms with van der Waals surface area (Å²) >= 11 is 1.14. The van der Waals surface area contributed by atoms with Gasteiger partial charge in [0.1, 0.15) is 0 Å². The van der Waals surface area contributed by atoms with Crippen LogP contribution in [0, 0.1) is 0 Å². The van der Waals surface area contributed by atoms with Crippen molar-refractivity contribution in [2.75, 3.05) is 19.5 Å². The number of nitrogens with one attached hydrogen (secondary N) is 1. The van der Waals surface area contributed by atoms with E-state index in [1.54, 1.807) is 37.4 Å². The monoisotopic (exact) mass is 472 g/mol. The normalized spacial score (nSPS) is 14.3. The third-order valence-electron chi connectivity index (χ3n) is 5.50. The predicted octanol–water partition coefficient (Wildman–Crippen LogP) is 1.58. The quantitative estimate of drug-likeness (QED) is 0.102. The van der Waals surface area contributed by atoms with Crippen molar-refractivity contribution >= 4 is 40.1 Å². The molecule has 33 heavy (non-hydrogen) atoms. The molecule has 0 unspecified atom stereocenters. The summed E-state index contributed by atoms with van der Waals surface area (Å²) in [5.41, 5.74) is 9.90. The van der Waals surface area contributed by atoms with Gasteiger partial charge in [-0.3, -0.25) is 14.6 Å². The minimum absolute atomic E-state index is 0.285. The van der Waals surface area contributed by atoms with Crippen molar-refractivity contribution in [3.8, 4) is 0 Å². The van der Waals surface area contributed by atoms with Crippen molar-refractivity contribution in [2.24, 2.45) is 22.5 Å². The summed E-state index contributed by atoms with van der Waals surface area (Å²) in [6.07, 6.45) is 4.54. The minimum Gasteiger partial charge on any atom is -0.366 e. The summed E-state index contributed by atoms with van der Waals surface area (Å²) < 4.78 is 0. The average molecular weight is 473 g/mol. The Morgan fingerprint density at radius 2 is 1.91 bits per heavy atom. The van der Waals surface area contributed by atoms with Gasteiger partial charge in [0.25, 0.3) is 11.8 Å². The molecule has 2 aromatic carbocycles. The first kappa shape index (κ1) is 24.5. The van der Waals surface area contributed by atoms with Crippen LogP contribution >= 0.6 is 11.8 Å². The van der Waals surface area contributed by atoms with Crippen LogP contribution in [0.2, 0.25) is 0 Å². The third-order valence-corrected chi connectivity index (χ3v) is 6.65. The first-order chi connectivity index (χ1) is 15.8. The smallest absolute Gasteiger partial charge is 0.257 e. The lowest BCUT2D eigenvalue weighted by molar-refractivity contribution is -0.830. The number of primary amides is 1. The van der Waals surface area contributed by atoms with E-state index in [1.165, 1.54) is 30.4 Å². The van der Waals surface area contributed by atoms with Crippen LogP contribution in [0.15, 0.2) is 46.4 Å². The highest BCUT2D eigenvalue weighted by Gasteiger charge is 2.22. The molecule has 176 valence electrons. The van der Waals surface area contributed by atoms with Gasteiger partial charge < -0.3 is 16.9 Å². The predicted molar refractivity (Wildman–Crippen MR) is 129 cm³/mol. The van der Waals surface area contributed by atoms with Crippen molar-refractivity contribution in [2.45, 2.75) is 36.5 Å². The Morgan fingerprint density at radius 1 is 1.18 bits per heavy atom. The molecule has 11 heteroatoms. The van der Waals surface area contributed by atoms with Gasteiger partial charge in [-0.25, -0.2) is 10.7 Å². The van der Waals surface area contributed by atoms with E-state index < -0.39 is 11.8 Å². The number of carbonyl (C=O) groups excluding carboxylic acids is 2. The van der Waals surface area contributed by atoms with Crippen molar-refractivity contribution in [1.29, 1.82) is 0 Å². The molecule has 10 nitrogen and oxygen atoms in total. The largest absolute Gasteiger partial charge is 0.366 e. The molecule has 9 N–H and O–H groups in total. The number of nitrogens with zero attached hydrogens (tertiary/aromatic N) is 2. The maximum absolute atomic E-state index is 13.3. The van der Waals surface area contributed by atoms with Crippen LogP contribution in [-0.2, 0) is 4.84 Å². The topological polar surface area (TPSA) is 166 Å². The SMILES string of the molecule is CO[NH2+]c1ccc(S/C(=N/N)N(C)N)c(C(=O)Nc2ccc(C3CCCC3)cc2C(N)=O)c1. The number of carbonyl (C=O) groups is 2. The number of quaternary nitrogens is 1. The van der Waals surface area contributed by atoms with E-state index in [9.17, 15) is 9.59 Å². The zero-order chi connectivity index (χ0) is 24.0. The molecule has 0 aliphatic heterocycles. The zero-order valence-corrected chi connectivity index (χ0v) is 19.5. The van der Waals surface area contributed by atoms with Crippen molar-refractivity contribution in [1.82, 2.24) is 5.01 Å². The Morgan fingerprint density at radius 3 is 2.52 bits per heavy atom. The van der Waals surface area contributed by atoms with E-state index >= 15 is 0 Å². The summed E-state index contributed by atoms with van der Waals surface area (Å²) in [6, 6.07) is 10.7. The number of anilines is 1. The zero-order valence-electron chi connectivity index (χ0n) is 18.7. The van der Waals surface area contributed by atoms with E-state index in [1.807, 2.05) is 6.07 Å². The molecule has 2 aromatic rings. The number of hydrogen-bond donors (Lipinski definition) is 5. The summed E-state index contributed by atoms with van der Waals surface area (Å²) in [7, 11) is 3.12. The fourth-order valence-electron chi connectivity index (χ4n) is 3.89. The van der Waals surface area contributed by atoms with Gasteiger partial charge in [0, 0.05) is 24.1 Å². The highest BCUT2D eigenvalue weighted by Crippen LogP contribution is 2.35. The fraction of sp³-hybridized carbons (Fsp3) is 0.318. The molecule has 0 atom stereocenters. The Balaban J connectivity index is 1.93. The lowest BCUT2D eigenvalue weighted by atomic mass is 9.95. The van der Waals surface area contributed by atoms with Crippen LogP contribution in [-0.4, -0.2) is 36.1 Å². The van der Waals surface area contributed by atoms with Gasteiger partial charge in [0.05, 0.1) is 23.9 Å². The molecular weight excluding hydrogens is 442 g/mol. The van der Waals surface area contributed by atoms with Crippen LogP contribution in [0.25, 0.3) is 0 Å². The van der Waals surface area contributed by atoms with Gasteiger partial charge in [0.15, 0.2) is 5.69 Å². The third kappa shape index (κ3) is 6.02. The van der Waals surface area contributed by atoms with Gasteiger partial charge in [-0.2, -0.15) is 10.6 Å². The number of rotatable bonds is 7. The molecule has 1 fully saturated rings. The van der Waals surface area contributed by atoms with Crippen molar-refractivity contribution < 1.29 is 19.9 Å². The molecular formula is C22H30N7O3S+. The second kappa shape index (κ2) is 11.1. The van der Waals surface area contributed by atoms with Crippen molar-refractivity contribution in [3.05, 3.63) is 53.1 Å². The van der Waals surface area contributed by atoms with Crippen LogP contribution in [0.5, 0.6) is 0 Å². The maximum atomic E-state index is 13.3. The molecule has 0 heterocycles. The molecule has 3 rings (SSSR count). The van der Waals surface area contributed by atoms with Crippen LogP contribution in [0.3, 0.4) is 0 Å². The van der Waals surface area contributed by atoms with Crippen LogP contribution in [0.4, 0.5) is 11.4 Å². The van der Waals surface area contributed by atoms with Crippen LogP contribution in [0.1, 0.15) is 57.9 Å². The van der Waals surface area contributed by atoms with Crippen LogP contribution < -0.4 is 28.2 Å². The Labute approximate surface area is 196 Å². The molecule has 0 saturated heterocycles. The van der Waals surface area contributed by atoms with E-state index in [0.717, 1.165) is 30.2 Å². The molecule has 0 radical (unpaired) electrons. The highest BCUT2D eigenvalue weighted by molar-refractivity contribution is 8.13. The van der Waals surface area contributed by atoms with Gasteiger partial charge >= 0.3 is 0 Å². The molecule has 0 aromatic heterocycles. The summed E-state index contributed by atoms with van der Waals surface area (Å²) in [6.45, 7) is 0. The number of hydrogen-bond acceptors (Lipinski definition) is 7. The highest BCUT2D eigenvalue weighted by atomic mass is 32.2. The summed E-state index contributed by atoms with van der Waals surface area (Å²) in [5.74, 6) is 10.6. The van der Waals surface area contributed by atoms with Crippen molar-refractivity contribution in [3.63, 3.8) is 0 Å². The number of amidine groups is 1. The van der Waals surface area contributed by atoms with Gasteiger partial charge in [-0.1, -0.05) is 18.9 Å². The molecule has 1 aliphatic carbocycles. The fourth-order valence-corrected chi connectivity index (χ4v) is 4.68. The molecule has 1 aliphatic rings. The van der Waals surface area contributed by atoms with E-state index in [-0.39, 0.29) is 5.56 Å². The molecule has 0 spiro atoms. The number of hydrazine groups is 1. The lowest BCUT2D eigenvalue weighted by Crippen LogP contribution is -2.75. The molecule has 0 bridgehead atoms.